The first-order chi connectivity index (χ1) is 9.58. The van der Waals surface area contributed by atoms with Gasteiger partial charge in [-0.05, 0) is 55.8 Å². The number of ether oxygens (including phenoxy) is 1. The molecule has 0 bridgehead atoms. The molecular weight excluding hydrogens is 246 g/mol. The van der Waals surface area contributed by atoms with E-state index in [2.05, 4.69) is 50.5 Å². The lowest BCUT2D eigenvalue weighted by atomic mass is 9.65. The summed E-state index contributed by atoms with van der Waals surface area (Å²) in [6.07, 6.45) is 5.41. The molecule has 1 aromatic carbocycles. The molecule has 1 aromatic rings. The van der Waals surface area contributed by atoms with Crippen molar-refractivity contribution >= 4 is 0 Å². The molecule has 0 saturated heterocycles. The Labute approximate surface area is 123 Å². The summed E-state index contributed by atoms with van der Waals surface area (Å²) in [5.41, 5.74) is 1.81. The fourth-order valence-corrected chi connectivity index (χ4v) is 3.68. The lowest BCUT2D eigenvalue weighted by Gasteiger charge is -2.43. The van der Waals surface area contributed by atoms with Crippen molar-refractivity contribution in [2.24, 2.45) is 11.3 Å². The van der Waals surface area contributed by atoms with Crippen LogP contribution in [0.4, 0.5) is 0 Å². The highest BCUT2D eigenvalue weighted by atomic mass is 16.5. The Morgan fingerprint density at radius 2 is 1.95 bits per heavy atom. The van der Waals surface area contributed by atoms with E-state index in [9.17, 15) is 0 Å². The number of benzene rings is 1. The minimum atomic E-state index is 0.421. The van der Waals surface area contributed by atoms with Crippen LogP contribution in [0.25, 0.3) is 0 Å². The molecule has 1 saturated carbocycles. The highest BCUT2D eigenvalue weighted by molar-refractivity contribution is 5.30. The molecule has 0 heterocycles. The molecule has 112 valence electrons. The number of hydrogen-bond acceptors (Lipinski definition) is 2. The van der Waals surface area contributed by atoms with Crippen LogP contribution in [0.15, 0.2) is 24.3 Å². The quantitative estimate of drug-likeness (QED) is 0.850. The SMILES string of the molecule is CCOc1ccc(C(NC)C2CCCCC2(C)C)cc1. The lowest BCUT2D eigenvalue weighted by Crippen LogP contribution is -2.37. The van der Waals surface area contributed by atoms with Gasteiger partial charge in [0, 0.05) is 6.04 Å². The highest BCUT2D eigenvalue weighted by Gasteiger charge is 2.37. The van der Waals surface area contributed by atoms with Gasteiger partial charge >= 0.3 is 0 Å². The van der Waals surface area contributed by atoms with Crippen LogP contribution in [0.3, 0.4) is 0 Å². The second-order valence-corrected chi connectivity index (χ2v) is 6.61. The maximum Gasteiger partial charge on any atom is 0.119 e. The Morgan fingerprint density at radius 1 is 1.25 bits per heavy atom. The van der Waals surface area contributed by atoms with Crippen molar-refractivity contribution in [3.05, 3.63) is 29.8 Å². The van der Waals surface area contributed by atoms with Crippen LogP contribution in [0.2, 0.25) is 0 Å². The summed E-state index contributed by atoms with van der Waals surface area (Å²) in [6, 6.07) is 9.08. The molecule has 1 aliphatic carbocycles. The van der Waals surface area contributed by atoms with Crippen LogP contribution < -0.4 is 10.1 Å². The number of hydrogen-bond donors (Lipinski definition) is 1. The van der Waals surface area contributed by atoms with Gasteiger partial charge in [0.25, 0.3) is 0 Å². The zero-order valence-corrected chi connectivity index (χ0v) is 13.4. The minimum absolute atomic E-state index is 0.421. The van der Waals surface area contributed by atoms with E-state index in [-0.39, 0.29) is 0 Å². The van der Waals surface area contributed by atoms with E-state index in [1.54, 1.807) is 0 Å². The van der Waals surface area contributed by atoms with Gasteiger partial charge < -0.3 is 10.1 Å². The molecule has 0 radical (unpaired) electrons. The van der Waals surface area contributed by atoms with Crippen molar-refractivity contribution in [1.82, 2.24) is 5.32 Å². The smallest absolute Gasteiger partial charge is 0.119 e. The van der Waals surface area contributed by atoms with Crippen LogP contribution in [0, 0.1) is 11.3 Å². The van der Waals surface area contributed by atoms with Gasteiger partial charge in [0.15, 0.2) is 0 Å². The fraction of sp³-hybridized carbons (Fsp3) is 0.667. The van der Waals surface area contributed by atoms with Crippen molar-refractivity contribution in [3.63, 3.8) is 0 Å². The van der Waals surface area contributed by atoms with Gasteiger partial charge in [-0.1, -0.05) is 38.8 Å². The monoisotopic (exact) mass is 275 g/mol. The van der Waals surface area contributed by atoms with Crippen molar-refractivity contribution in [3.8, 4) is 5.75 Å². The summed E-state index contributed by atoms with van der Waals surface area (Å²) in [7, 11) is 2.09. The number of rotatable bonds is 5. The van der Waals surface area contributed by atoms with Crippen LogP contribution in [0.5, 0.6) is 5.75 Å². The Bertz CT molecular complexity index is 410. The predicted octanol–water partition coefficient (Wildman–Crippen LogP) is 4.56. The summed E-state index contributed by atoms with van der Waals surface area (Å²) < 4.78 is 5.54. The summed E-state index contributed by atoms with van der Waals surface area (Å²) >= 11 is 0. The molecule has 2 rings (SSSR count). The Kier molecular flexibility index (Phi) is 5.09. The fourth-order valence-electron chi connectivity index (χ4n) is 3.68. The maximum atomic E-state index is 5.54. The van der Waals surface area contributed by atoms with Crippen LogP contribution in [0.1, 0.15) is 58.1 Å². The molecule has 1 N–H and O–H groups in total. The Hall–Kier alpha value is -1.02. The highest BCUT2D eigenvalue weighted by Crippen LogP contribution is 2.46. The molecule has 0 aliphatic heterocycles. The van der Waals surface area contributed by atoms with E-state index in [0.29, 0.717) is 17.4 Å². The van der Waals surface area contributed by atoms with Gasteiger partial charge in [0.05, 0.1) is 6.61 Å². The molecular formula is C18H29NO. The largest absolute Gasteiger partial charge is 0.494 e. The van der Waals surface area contributed by atoms with Crippen LogP contribution >= 0.6 is 0 Å². The van der Waals surface area contributed by atoms with Crippen molar-refractivity contribution in [2.75, 3.05) is 13.7 Å². The molecule has 0 aromatic heterocycles. The van der Waals surface area contributed by atoms with E-state index in [0.717, 1.165) is 12.4 Å². The zero-order chi connectivity index (χ0) is 14.6. The standard InChI is InChI=1S/C18H29NO/c1-5-20-15-11-9-14(10-12-15)17(19-4)16-8-6-7-13-18(16,2)3/h9-12,16-17,19H,5-8,13H2,1-4H3. The maximum absolute atomic E-state index is 5.54. The predicted molar refractivity (Wildman–Crippen MR) is 85.2 cm³/mol. The summed E-state index contributed by atoms with van der Waals surface area (Å²) in [4.78, 5) is 0. The third-order valence-electron chi connectivity index (χ3n) is 4.85. The zero-order valence-electron chi connectivity index (χ0n) is 13.4. The van der Waals surface area contributed by atoms with Crippen molar-refractivity contribution in [2.45, 2.75) is 52.5 Å². The van der Waals surface area contributed by atoms with Crippen LogP contribution in [-0.2, 0) is 0 Å². The third-order valence-corrected chi connectivity index (χ3v) is 4.85. The second kappa shape index (κ2) is 6.62. The molecule has 0 spiro atoms. The molecule has 2 heteroatoms. The van der Waals surface area contributed by atoms with Gasteiger partial charge in [-0.3, -0.25) is 0 Å². The van der Waals surface area contributed by atoms with E-state index in [4.69, 9.17) is 4.74 Å². The minimum Gasteiger partial charge on any atom is -0.494 e. The summed E-state index contributed by atoms with van der Waals surface area (Å²) in [6.45, 7) is 7.60. The average Bonchev–Trinajstić information content (AvgIpc) is 2.43. The summed E-state index contributed by atoms with van der Waals surface area (Å²) in [5, 5.41) is 3.55. The molecule has 1 aliphatic rings. The van der Waals surface area contributed by atoms with Gasteiger partial charge in [-0.2, -0.15) is 0 Å². The van der Waals surface area contributed by atoms with Crippen molar-refractivity contribution in [1.29, 1.82) is 0 Å². The Morgan fingerprint density at radius 3 is 2.50 bits per heavy atom. The van der Waals surface area contributed by atoms with Gasteiger partial charge in [-0.15, -0.1) is 0 Å². The van der Waals surface area contributed by atoms with Crippen LogP contribution in [-0.4, -0.2) is 13.7 Å². The van der Waals surface area contributed by atoms with Gasteiger partial charge in [-0.25, -0.2) is 0 Å². The molecule has 20 heavy (non-hydrogen) atoms. The van der Waals surface area contributed by atoms with E-state index >= 15 is 0 Å². The molecule has 0 amide bonds. The van der Waals surface area contributed by atoms with Gasteiger partial charge in [0.2, 0.25) is 0 Å². The summed E-state index contributed by atoms with van der Waals surface area (Å²) in [5.74, 6) is 1.67. The van der Waals surface area contributed by atoms with E-state index < -0.39 is 0 Å². The third kappa shape index (κ3) is 3.35. The average molecular weight is 275 g/mol. The molecule has 1 fully saturated rings. The van der Waals surface area contributed by atoms with Crippen molar-refractivity contribution < 1.29 is 4.74 Å². The first-order valence-corrected chi connectivity index (χ1v) is 7.98. The first kappa shape index (κ1) is 15.4. The second-order valence-electron chi connectivity index (χ2n) is 6.61. The van der Waals surface area contributed by atoms with Gasteiger partial charge in [0.1, 0.15) is 5.75 Å². The van der Waals surface area contributed by atoms with E-state index in [1.807, 2.05) is 6.92 Å². The Balaban J connectivity index is 2.18. The van der Waals surface area contributed by atoms with E-state index in [1.165, 1.54) is 31.2 Å². The lowest BCUT2D eigenvalue weighted by molar-refractivity contribution is 0.101. The molecule has 2 unspecified atom stereocenters. The molecule has 2 nitrogen and oxygen atoms in total. The number of nitrogens with one attached hydrogen (secondary N) is 1. The topological polar surface area (TPSA) is 21.3 Å². The normalized spacial score (nSPS) is 23.3. The first-order valence-electron chi connectivity index (χ1n) is 7.98. The molecule has 2 atom stereocenters.